The quantitative estimate of drug-likeness (QED) is 0.668. The summed E-state index contributed by atoms with van der Waals surface area (Å²) in [6, 6.07) is 0. The molecule has 0 N–H and O–H groups in total. The molecule has 0 bridgehead atoms. The van der Waals surface area contributed by atoms with Crippen molar-refractivity contribution in [1.82, 2.24) is 0 Å². The Morgan fingerprint density at radius 2 is 1.75 bits per heavy atom. The first-order chi connectivity index (χ1) is 7.64. The van der Waals surface area contributed by atoms with E-state index in [2.05, 4.69) is 0 Å². The molecule has 0 saturated heterocycles. The minimum absolute atomic E-state index is 0.149. The van der Waals surface area contributed by atoms with Crippen molar-refractivity contribution in [3.05, 3.63) is 19.8 Å². The second-order valence-corrected chi connectivity index (χ2v) is 7.07. The molecule has 3 rings (SSSR count). The first kappa shape index (κ1) is 11.1. The van der Waals surface area contributed by atoms with Crippen molar-refractivity contribution in [1.29, 1.82) is 0 Å². The van der Waals surface area contributed by atoms with E-state index in [0.29, 0.717) is 4.34 Å². The summed E-state index contributed by atoms with van der Waals surface area (Å²) in [4.78, 5) is 12.5. The van der Waals surface area contributed by atoms with Gasteiger partial charge in [-0.15, -0.1) is 11.3 Å². The van der Waals surface area contributed by atoms with Gasteiger partial charge in [-0.25, -0.2) is 0 Å². The van der Waals surface area contributed by atoms with Gasteiger partial charge in [-0.1, -0.05) is 42.5 Å². The van der Waals surface area contributed by atoms with E-state index in [4.69, 9.17) is 23.2 Å². The normalized spacial score (nSPS) is 22.8. The van der Waals surface area contributed by atoms with Crippen molar-refractivity contribution in [2.24, 2.45) is 5.41 Å². The molecule has 1 aromatic rings. The Labute approximate surface area is 109 Å². The molecule has 1 nitrogen and oxygen atoms in total. The summed E-state index contributed by atoms with van der Waals surface area (Å²) < 4.78 is 1.31. The number of carbonyl (C=O) groups is 1. The first-order valence-electron chi connectivity index (χ1n) is 5.65. The molecule has 4 heteroatoms. The molecule has 1 fully saturated rings. The van der Waals surface area contributed by atoms with E-state index < -0.39 is 0 Å². The van der Waals surface area contributed by atoms with Gasteiger partial charge in [-0.05, 0) is 24.8 Å². The van der Waals surface area contributed by atoms with Gasteiger partial charge in [0.05, 0.1) is 9.90 Å². The molecule has 0 aliphatic heterocycles. The maximum Gasteiger partial charge on any atom is 0.172 e. The number of hydrogen-bond acceptors (Lipinski definition) is 2. The van der Waals surface area contributed by atoms with Crippen LogP contribution in [0.5, 0.6) is 0 Å². The first-order valence-corrected chi connectivity index (χ1v) is 7.23. The molecule has 0 aromatic carbocycles. The van der Waals surface area contributed by atoms with Crippen LogP contribution in [0.4, 0.5) is 0 Å². The van der Waals surface area contributed by atoms with Crippen LogP contribution in [0.15, 0.2) is 0 Å². The standard InChI is InChI=1S/C12H12Cl2OS/c13-10-7-6-12(4-2-1-3-5-12)9(15)8(7)11(14)16-10/h1-6H2. The Morgan fingerprint density at radius 3 is 2.38 bits per heavy atom. The highest BCUT2D eigenvalue weighted by Gasteiger charge is 2.48. The summed E-state index contributed by atoms with van der Waals surface area (Å²) in [5.74, 6) is 0.260. The summed E-state index contributed by atoms with van der Waals surface area (Å²) in [6.45, 7) is 0. The molecule has 0 unspecified atom stereocenters. The van der Waals surface area contributed by atoms with Crippen molar-refractivity contribution in [2.45, 2.75) is 38.5 Å². The molecular formula is C12H12Cl2OS. The SMILES string of the molecule is O=C1c2c(Cl)sc(Cl)c2CC12CCCCC2. The number of Topliss-reactive ketones (excluding diaryl/α,β-unsaturated/α-hetero) is 1. The van der Waals surface area contributed by atoms with E-state index in [1.165, 1.54) is 17.8 Å². The summed E-state index contributed by atoms with van der Waals surface area (Å²) in [6.07, 6.45) is 6.42. The molecule has 1 heterocycles. The molecule has 16 heavy (non-hydrogen) atoms. The van der Waals surface area contributed by atoms with Gasteiger partial charge in [-0.2, -0.15) is 0 Å². The average Bonchev–Trinajstić information content (AvgIpc) is 2.69. The molecule has 1 aromatic heterocycles. The highest BCUT2D eigenvalue weighted by atomic mass is 35.5. The van der Waals surface area contributed by atoms with Crippen LogP contribution >= 0.6 is 34.5 Å². The fraction of sp³-hybridized carbons (Fsp3) is 0.583. The smallest absolute Gasteiger partial charge is 0.172 e. The van der Waals surface area contributed by atoms with Crippen LogP contribution in [0.25, 0.3) is 0 Å². The lowest BCUT2D eigenvalue weighted by molar-refractivity contribution is 0.0748. The third-order valence-corrected chi connectivity index (χ3v) is 5.64. The number of fused-ring (bicyclic) bond motifs is 1. The van der Waals surface area contributed by atoms with Crippen molar-refractivity contribution in [3.8, 4) is 0 Å². The number of halogens is 2. The number of thiophene rings is 1. The number of ketones is 1. The molecule has 86 valence electrons. The van der Waals surface area contributed by atoms with E-state index in [1.54, 1.807) is 0 Å². The second-order valence-electron chi connectivity index (χ2n) is 4.85. The van der Waals surface area contributed by atoms with E-state index in [0.717, 1.165) is 47.6 Å². The van der Waals surface area contributed by atoms with Crippen molar-refractivity contribution >= 4 is 40.3 Å². The van der Waals surface area contributed by atoms with Crippen LogP contribution in [0, 0.1) is 5.41 Å². The van der Waals surface area contributed by atoms with Crippen molar-refractivity contribution < 1.29 is 4.79 Å². The zero-order valence-electron chi connectivity index (χ0n) is 8.82. The Morgan fingerprint density at radius 1 is 1.06 bits per heavy atom. The lowest BCUT2D eigenvalue weighted by Gasteiger charge is -2.31. The molecular weight excluding hydrogens is 263 g/mol. The lowest BCUT2D eigenvalue weighted by atomic mass is 9.71. The maximum atomic E-state index is 12.5. The number of rotatable bonds is 0. The zero-order chi connectivity index (χ0) is 11.3. The van der Waals surface area contributed by atoms with Crippen LogP contribution in [0.2, 0.25) is 8.67 Å². The third kappa shape index (κ3) is 1.40. The van der Waals surface area contributed by atoms with Gasteiger partial charge in [0, 0.05) is 5.41 Å². The summed E-state index contributed by atoms with van der Waals surface area (Å²) in [5, 5.41) is 0. The van der Waals surface area contributed by atoms with Crippen LogP contribution in [-0.4, -0.2) is 5.78 Å². The molecule has 0 amide bonds. The third-order valence-electron chi connectivity index (χ3n) is 3.95. The second kappa shape index (κ2) is 3.72. The minimum atomic E-state index is -0.149. The van der Waals surface area contributed by atoms with E-state index in [9.17, 15) is 4.79 Å². The highest BCUT2D eigenvalue weighted by Crippen LogP contribution is 2.53. The van der Waals surface area contributed by atoms with Gasteiger partial charge in [0.2, 0.25) is 0 Å². The number of carbonyl (C=O) groups excluding carboxylic acids is 1. The van der Waals surface area contributed by atoms with Gasteiger partial charge in [0.25, 0.3) is 0 Å². The van der Waals surface area contributed by atoms with Gasteiger partial charge in [0.15, 0.2) is 5.78 Å². The van der Waals surface area contributed by atoms with E-state index in [1.807, 2.05) is 0 Å². The molecule has 0 atom stereocenters. The monoisotopic (exact) mass is 274 g/mol. The van der Waals surface area contributed by atoms with Gasteiger partial charge in [-0.3, -0.25) is 4.79 Å². The molecule has 2 aliphatic rings. The predicted octanol–water partition coefficient (Wildman–Crippen LogP) is 4.74. The Kier molecular flexibility index (Phi) is 2.58. The van der Waals surface area contributed by atoms with Crippen LogP contribution in [0.1, 0.15) is 48.0 Å². The zero-order valence-corrected chi connectivity index (χ0v) is 11.1. The number of hydrogen-bond donors (Lipinski definition) is 0. The highest BCUT2D eigenvalue weighted by molar-refractivity contribution is 7.20. The molecule has 1 saturated carbocycles. The largest absolute Gasteiger partial charge is 0.293 e. The van der Waals surface area contributed by atoms with Crippen LogP contribution in [0.3, 0.4) is 0 Å². The summed E-state index contributed by atoms with van der Waals surface area (Å²) in [5.41, 5.74) is 1.60. The Bertz CT molecular complexity index is 458. The summed E-state index contributed by atoms with van der Waals surface area (Å²) >= 11 is 13.6. The van der Waals surface area contributed by atoms with E-state index >= 15 is 0 Å². The molecule has 1 spiro atoms. The van der Waals surface area contributed by atoms with Gasteiger partial charge < -0.3 is 0 Å². The van der Waals surface area contributed by atoms with Gasteiger partial charge in [0.1, 0.15) is 4.34 Å². The average molecular weight is 275 g/mol. The van der Waals surface area contributed by atoms with Crippen molar-refractivity contribution in [2.75, 3.05) is 0 Å². The molecule has 0 radical (unpaired) electrons. The molecule has 2 aliphatic carbocycles. The maximum absolute atomic E-state index is 12.5. The minimum Gasteiger partial charge on any atom is -0.293 e. The van der Waals surface area contributed by atoms with Crippen LogP contribution in [-0.2, 0) is 6.42 Å². The Balaban J connectivity index is 2.06. The fourth-order valence-electron chi connectivity index (χ4n) is 3.11. The topological polar surface area (TPSA) is 17.1 Å². The van der Waals surface area contributed by atoms with Gasteiger partial charge >= 0.3 is 0 Å². The predicted molar refractivity (Wildman–Crippen MR) is 67.9 cm³/mol. The fourth-order valence-corrected chi connectivity index (χ4v) is 4.82. The van der Waals surface area contributed by atoms with E-state index in [-0.39, 0.29) is 11.2 Å². The Hall–Kier alpha value is -0.0500. The summed E-state index contributed by atoms with van der Waals surface area (Å²) in [7, 11) is 0. The van der Waals surface area contributed by atoms with Crippen LogP contribution < -0.4 is 0 Å². The van der Waals surface area contributed by atoms with Crippen molar-refractivity contribution in [3.63, 3.8) is 0 Å². The lowest BCUT2D eigenvalue weighted by Crippen LogP contribution is -2.30.